The highest BCUT2D eigenvalue weighted by atomic mass is 35.5. The molecule has 0 amide bonds. The van der Waals surface area contributed by atoms with Crippen LogP contribution in [0.4, 0.5) is 0 Å². The second-order valence-corrected chi connectivity index (χ2v) is 8.45. The molecule has 0 unspecified atom stereocenters. The second kappa shape index (κ2) is 5.28. The first-order chi connectivity index (χ1) is 10.1. The van der Waals surface area contributed by atoms with Crippen LogP contribution in [0.15, 0.2) is 24.3 Å². The summed E-state index contributed by atoms with van der Waals surface area (Å²) in [6.45, 7) is 3.38. The molecule has 4 fully saturated rings. The molecule has 4 aliphatic carbocycles. The molecule has 0 aromatic heterocycles. The Morgan fingerprint density at radius 1 is 1.14 bits per heavy atom. The maximum absolute atomic E-state index is 6.09. The van der Waals surface area contributed by atoms with E-state index in [2.05, 4.69) is 30.4 Å². The topological polar surface area (TPSA) is 12.0 Å². The first-order valence-corrected chi connectivity index (χ1v) is 8.99. The molecule has 4 saturated carbocycles. The average molecular weight is 304 g/mol. The first kappa shape index (κ1) is 14.1. The van der Waals surface area contributed by atoms with Crippen molar-refractivity contribution in [2.24, 2.45) is 23.2 Å². The van der Waals surface area contributed by atoms with Gasteiger partial charge in [0, 0.05) is 17.6 Å². The monoisotopic (exact) mass is 303 g/mol. The molecule has 2 heteroatoms. The molecule has 1 atom stereocenters. The summed E-state index contributed by atoms with van der Waals surface area (Å²) in [7, 11) is 0. The molecule has 21 heavy (non-hydrogen) atoms. The zero-order chi connectivity index (χ0) is 14.4. The predicted octanol–water partition coefficient (Wildman–Crippen LogP) is 5.03. The van der Waals surface area contributed by atoms with E-state index in [1.54, 1.807) is 0 Å². The van der Waals surface area contributed by atoms with E-state index in [9.17, 15) is 0 Å². The lowest BCUT2D eigenvalue weighted by Gasteiger charge is -2.59. The van der Waals surface area contributed by atoms with E-state index >= 15 is 0 Å². The van der Waals surface area contributed by atoms with Crippen molar-refractivity contribution in [3.63, 3.8) is 0 Å². The Kier molecular flexibility index (Phi) is 3.54. The first-order valence-electron chi connectivity index (χ1n) is 8.61. The van der Waals surface area contributed by atoms with Crippen molar-refractivity contribution >= 4 is 11.6 Å². The molecule has 0 saturated heterocycles. The molecule has 0 radical (unpaired) electrons. The lowest BCUT2D eigenvalue weighted by atomic mass is 9.48. The van der Waals surface area contributed by atoms with Crippen LogP contribution in [0.3, 0.4) is 0 Å². The van der Waals surface area contributed by atoms with Crippen LogP contribution in [0, 0.1) is 23.2 Å². The van der Waals surface area contributed by atoms with Crippen LogP contribution in [-0.2, 0) is 6.54 Å². The molecular weight excluding hydrogens is 278 g/mol. The lowest BCUT2D eigenvalue weighted by Crippen LogP contribution is -2.54. The van der Waals surface area contributed by atoms with E-state index in [-0.39, 0.29) is 0 Å². The van der Waals surface area contributed by atoms with Crippen LogP contribution in [0.1, 0.15) is 51.0 Å². The zero-order valence-corrected chi connectivity index (χ0v) is 13.7. The number of benzene rings is 1. The smallest absolute Gasteiger partial charge is 0.0409 e. The van der Waals surface area contributed by atoms with E-state index in [1.165, 1.54) is 44.1 Å². The Balaban J connectivity index is 1.44. The van der Waals surface area contributed by atoms with Gasteiger partial charge in [0.2, 0.25) is 0 Å². The number of halogens is 1. The van der Waals surface area contributed by atoms with Gasteiger partial charge in [0.1, 0.15) is 0 Å². The third-order valence-electron chi connectivity index (χ3n) is 6.51. The summed E-state index contributed by atoms with van der Waals surface area (Å²) in [5, 5.41) is 4.67. The quantitative estimate of drug-likeness (QED) is 0.822. The average Bonchev–Trinajstić information content (AvgIpc) is 2.43. The van der Waals surface area contributed by atoms with Gasteiger partial charge < -0.3 is 5.32 Å². The third-order valence-corrected chi connectivity index (χ3v) is 6.74. The maximum Gasteiger partial charge on any atom is 0.0409 e. The minimum atomic E-state index is 0.591. The van der Waals surface area contributed by atoms with E-state index in [1.807, 2.05) is 6.07 Å². The van der Waals surface area contributed by atoms with E-state index in [0.29, 0.717) is 11.5 Å². The Morgan fingerprint density at radius 2 is 1.76 bits per heavy atom. The largest absolute Gasteiger partial charge is 0.310 e. The summed E-state index contributed by atoms with van der Waals surface area (Å²) in [6, 6.07) is 8.89. The maximum atomic E-state index is 6.09. The van der Waals surface area contributed by atoms with Crippen molar-refractivity contribution in [1.82, 2.24) is 5.32 Å². The molecule has 0 heterocycles. The van der Waals surface area contributed by atoms with Crippen molar-refractivity contribution < 1.29 is 0 Å². The standard InChI is InChI=1S/C19H26ClN/c1-13(21-12-14-3-2-4-18(20)8-14)19-9-15-5-16(10-19)7-17(6-15)11-19/h2-4,8,13,15-17,21H,5-7,9-12H2,1H3/t13-,15?,16?,17?,19?/m0/s1. The van der Waals surface area contributed by atoms with Gasteiger partial charge in [-0.1, -0.05) is 23.7 Å². The van der Waals surface area contributed by atoms with E-state index < -0.39 is 0 Å². The molecule has 1 aromatic rings. The molecule has 0 aliphatic heterocycles. The summed E-state index contributed by atoms with van der Waals surface area (Å²) in [5.41, 5.74) is 1.90. The minimum Gasteiger partial charge on any atom is -0.310 e. The van der Waals surface area contributed by atoms with Gasteiger partial charge >= 0.3 is 0 Å². The molecular formula is C19H26ClN. The molecule has 0 spiro atoms. The van der Waals surface area contributed by atoms with E-state index in [0.717, 1.165) is 29.3 Å². The SMILES string of the molecule is C[C@H](NCc1cccc(Cl)c1)C12CC3CC(CC(C3)C1)C2. The zero-order valence-electron chi connectivity index (χ0n) is 12.9. The molecule has 1 N–H and O–H groups in total. The van der Waals surface area contributed by atoms with Gasteiger partial charge in [-0.05, 0) is 86.3 Å². The Bertz CT molecular complexity index is 489. The van der Waals surface area contributed by atoms with Gasteiger partial charge in [-0.3, -0.25) is 0 Å². The molecule has 4 aliphatic rings. The normalized spacial score (nSPS) is 38.7. The van der Waals surface area contributed by atoms with Crippen LogP contribution in [0.5, 0.6) is 0 Å². The van der Waals surface area contributed by atoms with Crippen LogP contribution >= 0.6 is 11.6 Å². The Hall–Kier alpha value is -0.530. The molecule has 5 rings (SSSR count). The van der Waals surface area contributed by atoms with Crippen molar-refractivity contribution in [3.8, 4) is 0 Å². The van der Waals surface area contributed by atoms with Gasteiger partial charge in [0.25, 0.3) is 0 Å². The predicted molar refractivity (Wildman–Crippen MR) is 88.4 cm³/mol. The summed E-state index contributed by atoms with van der Waals surface area (Å²) in [4.78, 5) is 0. The van der Waals surface area contributed by atoms with Gasteiger partial charge in [-0.2, -0.15) is 0 Å². The molecule has 1 aromatic carbocycles. The van der Waals surface area contributed by atoms with Crippen LogP contribution in [0.2, 0.25) is 5.02 Å². The van der Waals surface area contributed by atoms with Crippen molar-refractivity contribution in [2.75, 3.05) is 0 Å². The van der Waals surface area contributed by atoms with Gasteiger partial charge in [-0.25, -0.2) is 0 Å². The summed E-state index contributed by atoms with van der Waals surface area (Å²) in [5.74, 6) is 3.10. The van der Waals surface area contributed by atoms with Gasteiger partial charge in [-0.15, -0.1) is 0 Å². The van der Waals surface area contributed by atoms with Crippen molar-refractivity contribution in [1.29, 1.82) is 0 Å². The second-order valence-electron chi connectivity index (χ2n) is 8.01. The van der Waals surface area contributed by atoms with Gasteiger partial charge in [0.15, 0.2) is 0 Å². The highest BCUT2D eigenvalue weighted by Gasteiger charge is 2.52. The van der Waals surface area contributed by atoms with Crippen LogP contribution < -0.4 is 5.32 Å². The third kappa shape index (κ3) is 2.64. The van der Waals surface area contributed by atoms with Crippen molar-refractivity contribution in [3.05, 3.63) is 34.9 Å². The number of hydrogen-bond donors (Lipinski definition) is 1. The molecule has 114 valence electrons. The number of nitrogens with one attached hydrogen (secondary N) is 1. The fraction of sp³-hybridized carbons (Fsp3) is 0.684. The lowest BCUT2D eigenvalue weighted by molar-refractivity contribution is -0.0706. The fourth-order valence-corrected chi connectivity index (χ4v) is 6.06. The Labute approximate surface area is 133 Å². The highest BCUT2D eigenvalue weighted by Crippen LogP contribution is 2.61. The molecule has 1 nitrogen and oxygen atoms in total. The summed E-state index contributed by atoms with van der Waals surface area (Å²) in [6.07, 6.45) is 9.01. The summed E-state index contributed by atoms with van der Waals surface area (Å²) >= 11 is 6.09. The fourth-order valence-electron chi connectivity index (χ4n) is 5.84. The van der Waals surface area contributed by atoms with Crippen molar-refractivity contribution in [2.45, 2.75) is 58.0 Å². The number of rotatable bonds is 4. The van der Waals surface area contributed by atoms with Crippen LogP contribution in [0.25, 0.3) is 0 Å². The highest BCUT2D eigenvalue weighted by molar-refractivity contribution is 6.30. The minimum absolute atomic E-state index is 0.591. The van der Waals surface area contributed by atoms with Gasteiger partial charge in [0.05, 0.1) is 0 Å². The Morgan fingerprint density at radius 3 is 2.33 bits per heavy atom. The molecule has 4 bridgehead atoms. The summed E-state index contributed by atoms with van der Waals surface area (Å²) < 4.78 is 0. The van der Waals surface area contributed by atoms with E-state index in [4.69, 9.17) is 11.6 Å². The number of hydrogen-bond acceptors (Lipinski definition) is 1. The van der Waals surface area contributed by atoms with Crippen LogP contribution in [-0.4, -0.2) is 6.04 Å².